The van der Waals surface area contributed by atoms with Gasteiger partial charge in [0, 0.05) is 49.8 Å². The fourth-order valence-corrected chi connectivity index (χ4v) is 4.32. The lowest BCUT2D eigenvalue weighted by atomic mass is 9.85. The van der Waals surface area contributed by atoms with Crippen molar-refractivity contribution in [3.05, 3.63) is 11.6 Å². The normalized spacial score (nSPS) is 23.5. The standard InChI is InChI=1S/C17H27N5O3S/c1-2-20(12-15(23)24)14-10-13(11-14)19-16(25)21-5-3-6-22(8-7-21)17-18-4-9-26-17/h4,9,13-14H,2-3,5-8,10-12H2,1H3,(H,19,25)(H,23,24). The van der Waals surface area contributed by atoms with E-state index >= 15 is 0 Å². The molecule has 0 unspecified atom stereocenters. The highest BCUT2D eigenvalue weighted by atomic mass is 32.1. The smallest absolute Gasteiger partial charge is 0.317 e. The Morgan fingerprint density at radius 1 is 1.35 bits per heavy atom. The second-order valence-corrected chi connectivity index (χ2v) is 7.74. The Balaban J connectivity index is 1.42. The summed E-state index contributed by atoms with van der Waals surface area (Å²) in [5.41, 5.74) is 0. The van der Waals surface area contributed by atoms with E-state index in [1.54, 1.807) is 11.3 Å². The van der Waals surface area contributed by atoms with E-state index < -0.39 is 5.97 Å². The molecule has 26 heavy (non-hydrogen) atoms. The Bertz CT molecular complexity index is 606. The molecule has 2 aliphatic rings. The number of urea groups is 1. The van der Waals surface area contributed by atoms with Crippen LogP contribution in [0.25, 0.3) is 0 Å². The molecule has 1 saturated heterocycles. The van der Waals surface area contributed by atoms with E-state index in [2.05, 4.69) is 15.2 Å². The van der Waals surface area contributed by atoms with Gasteiger partial charge in [0.05, 0.1) is 6.54 Å². The van der Waals surface area contributed by atoms with Gasteiger partial charge in [0.15, 0.2) is 5.13 Å². The summed E-state index contributed by atoms with van der Waals surface area (Å²) in [5.74, 6) is -0.798. The van der Waals surface area contributed by atoms with Gasteiger partial charge < -0.3 is 20.2 Å². The Morgan fingerprint density at radius 3 is 2.81 bits per heavy atom. The number of carboxylic acids is 1. The summed E-state index contributed by atoms with van der Waals surface area (Å²) in [7, 11) is 0. The second-order valence-electron chi connectivity index (χ2n) is 6.87. The first-order valence-electron chi connectivity index (χ1n) is 9.22. The van der Waals surface area contributed by atoms with Crippen molar-refractivity contribution in [3.63, 3.8) is 0 Å². The quantitative estimate of drug-likeness (QED) is 0.772. The zero-order valence-electron chi connectivity index (χ0n) is 15.1. The van der Waals surface area contributed by atoms with Crippen LogP contribution in [0.5, 0.6) is 0 Å². The Hall–Kier alpha value is -1.87. The first-order valence-corrected chi connectivity index (χ1v) is 10.1. The van der Waals surface area contributed by atoms with E-state index in [1.807, 2.05) is 28.3 Å². The average Bonchev–Trinajstić information content (AvgIpc) is 3.00. The number of amides is 2. The van der Waals surface area contributed by atoms with E-state index in [-0.39, 0.29) is 24.7 Å². The van der Waals surface area contributed by atoms with Gasteiger partial charge in [-0.15, -0.1) is 11.3 Å². The van der Waals surface area contributed by atoms with Crippen molar-refractivity contribution in [1.82, 2.24) is 20.1 Å². The molecule has 2 N–H and O–H groups in total. The highest BCUT2D eigenvalue weighted by Gasteiger charge is 2.35. The Kier molecular flexibility index (Phi) is 6.31. The molecule has 1 aliphatic heterocycles. The van der Waals surface area contributed by atoms with Crippen molar-refractivity contribution in [2.45, 2.75) is 38.3 Å². The SMILES string of the molecule is CCN(CC(=O)O)C1CC(NC(=O)N2CCCN(c3nccs3)CC2)C1. The molecule has 1 saturated carbocycles. The zero-order chi connectivity index (χ0) is 18.5. The number of aromatic nitrogens is 1. The highest BCUT2D eigenvalue weighted by molar-refractivity contribution is 7.13. The zero-order valence-corrected chi connectivity index (χ0v) is 16.0. The van der Waals surface area contributed by atoms with Crippen LogP contribution in [0.2, 0.25) is 0 Å². The maximum atomic E-state index is 12.5. The monoisotopic (exact) mass is 381 g/mol. The molecular formula is C17H27N5O3S. The maximum absolute atomic E-state index is 12.5. The van der Waals surface area contributed by atoms with Crippen LogP contribution in [0.15, 0.2) is 11.6 Å². The molecule has 1 aromatic heterocycles. The van der Waals surface area contributed by atoms with Crippen LogP contribution in [-0.2, 0) is 4.79 Å². The minimum Gasteiger partial charge on any atom is -0.480 e. The predicted molar refractivity (Wildman–Crippen MR) is 101 cm³/mol. The van der Waals surface area contributed by atoms with Crippen molar-refractivity contribution in [2.24, 2.45) is 0 Å². The van der Waals surface area contributed by atoms with Crippen molar-refractivity contribution in [1.29, 1.82) is 0 Å². The van der Waals surface area contributed by atoms with E-state index in [4.69, 9.17) is 5.11 Å². The molecule has 9 heteroatoms. The van der Waals surface area contributed by atoms with Gasteiger partial charge in [0.1, 0.15) is 0 Å². The largest absolute Gasteiger partial charge is 0.480 e. The van der Waals surface area contributed by atoms with Crippen LogP contribution >= 0.6 is 11.3 Å². The number of nitrogens with one attached hydrogen (secondary N) is 1. The van der Waals surface area contributed by atoms with Crippen LogP contribution in [0.1, 0.15) is 26.2 Å². The first kappa shape index (κ1) is 18.9. The van der Waals surface area contributed by atoms with E-state index in [0.29, 0.717) is 6.54 Å². The minimum atomic E-state index is -0.798. The molecule has 144 valence electrons. The van der Waals surface area contributed by atoms with Gasteiger partial charge in [0.2, 0.25) is 0 Å². The molecular weight excluding hydrogens is 354 g/mol. The average molecular weight is 382 g/mol. The predicted octanol–water partition coefficient (Wildman–Crippen LogP) is 1.30. The minimum absolute atomic E-state index is 0.00396. The summed E-state index contributed by atoms with van der Waals surface area (Å²) in [6, 6.07) is 0.398. The van der Waals surface area contributed by atoms with Gasteiger partial charge in [-0.1, -0.05) is 6.92 Å². The molecule has 0 atom stereocenters. The summed E-state index contributed by atoms with van der Waals surface area (Å²) < 4.78 is 0. The number of anilines is 1. The third-order valence-corrected chi connectivity index (χ3v) is 6.01. The fraction of sp³-hybridized carbons (Fsp3) is 0.706. The number of nitrogens with zero attached hydrogens (tertiary/aromatic N) is 4. The Morgan fingerprint density at radius 2 is 2.15 bits per heavy atom. The Labute approximate surface area is 157 Å². The molecule has 2 amide bonds. The number of aliphatic carboxylic acids is 1. The summed E-state index contributed by atoms with van der Waals surface area (Å²) in [6.45, 7) is 5.93. The van der Waals surface area contributed by atoms with Crippen molar-refractivity contribution >= 4 is 28.5 Å². The molecule has 0 aromatic carbocycles. The van der Waals surface area contributed by atoms with Gasteiger partial charge in [-0.3, -0.25) is 9.69 Å². The number of carbonyl (C=O) groups excluding carboxylic acids is 1. The van der Waals surface area contributed by atoms with Crippen LogP contribution in [0.4, 0.5) is 9.93 Å². The third-order valence-electron chi connectivity index (χ3n) is 5.17. The fourth-order valence-electron chi connectivity index (χ4n) is 3.63. The topological polar surface area (TPSA) is 89.0 Å². The number of likely N-dealkylation sites (N-methyl/N-ethyl adjacent to an activating group) is 1. The van der Waals surface area contributed by atoms with Gasteiger partial charge in [-0.2, -0.15) is 0 Å². The van der Waals surface area contributed by atoms with Gasteiger partial charge >= 0.3 is 12.0 Å². The molecule has 0 spiro atoms. The number of thiazole rings is 1. The maximum Gasteiger partial charge on any atom is 0.317 e. The summed E-state index contributed by atoms with van der Waals surface area (Å²) in [4.78, 5) is 33.9. The summed E-state index contributed by atoms with van der Waals surface area (Å²) in [5, 5.41) is 15.1. The van der Waals surface area contributed by atoms with E-state index in [0.717, 1.165) is 50.6 Å². The van der Waals surface area contributed by atoms with Crippen molar-refractivity contribution in [2.75, 3.05) is 44.2 Å². The molecule has 1 aliphatic carbocycles. The van der Waals surface area contributed by atoms with Crippen LogP contribution in [0.3, 0.4) is 0 Å². The van der Waals surface area contributed by atoms with Gasteiger partial charge in [0.25, 0.3) is 0 Å². The van der Waals surface area contributed by atoms with Crippen molar-refractivity contribution in [3.8, 4) is 0 Å². The van der Waals surface area contributed by atoms with Crippen LogP contribution in [-0.4, -0.2) is 83.2 Å². The van der Waals surface area contributed by atoms with Gasteiger partial charge in [-0.05, 0) is 25.8 Å². The van der Waals surface area contributed by atoms with E-state index in [9.17, 15) is 9.59 Å². The molecule has 0 radical (unpaired) electrons. The number of carboxylic acid groups (broad SMARTS) is 1. The van der Waals surface area contributed by atoms with E-state index in [1.165, 1.54) is 0 Å². The summed E-state index contributed by atoms with van der Waals surface area (Å²) >= 11 is 1.63. The van der Waals surface area contributed by atoms with Crippen LogP contribution < -0.4 is 10.2 Å². The molecule has 8 nitrogen and oxygen atoms in total. The first-order chi connectivity index (χ1) is 12.6. The molecule has 2 heterocycles. The lowest BCUT2D eigenvalue weighted by molar-refractivity contribution is -0.139. The third kappa shape index (κ3) is 4.64. The van der Waals surface area contributed by atoms with Crippen LogP contribution in [0, 0.1) is 0 Å². The molecule has 2 fully saturated rings. The van der Waals surface area contributed by atoms with Crippen molar-refractivity contribution < 1.29 is 14.7 Å². The lowest BCUT2D eigenvalue weighted by Crippen LogP contribution is -2.57. The van der Waals surface area contributed by atoms with Gasteiger partial charge in [-0.25, -0.2) is 9.78 Å². The number of hydrogen-bond donors (Lipinski definition) is 2. The second kappa shape index (κ2) is 8.68. The molecule has 1 aromatic rings. The number of hydrogen-bond acceptors (Lipinski definition) is 6. The lowest BCUT2D eigenvalue weighted by Gasteiger charge is -2.42. The highest BCUT2D eigenvalue weighted by Crippen LogP contribution is 2.26. The molecule has 0 bridgehead atoms. The molecule has 3 rings (SSSR count). The summed E-state index contributed by atoms with van der Waals surface area (Å²) in [6.07, 6.45) is 4.40. The number of rotatable bonds is 6. The number of carbonyl (C=O) groups is 2.